The van der Waals surface area contributed by atoms with Crippen molar-refractivity contribution in [3.8, 4) is 5.75 Å². The monoisotopic (exact) mass is 317 g/mol. The molecule has 20 heavy (non-hydrogen) atoms. The molecule has 0 saturated carbocycles. The fourth-order valence-corrected chi connectivity index (χ4v) is 1.38. The molecule has 1 atom stereocenters. The third-order valence-electron chi connectivity index (χ3n) is 2.21. The number of methoxy groups -OCH3 is 1. The zero-order chi connectivity index (χ0) is 14.6. The van der Waals surface area contributed by atoms with Gasteiger partial charge in [-0.05, 0) is 18.2 Å². The van der Waals surface area contributed by atoms with Gasteiger partial charge in [0, 0.05) is 11.6 Å². The van der Waals surface area contributed by atoms with E-state index in [-0.39, 0.29) is 24.4 Å². The second-order valence-corrected chi connectivity index (χ2v) is 3.62. The Morgan fingerprint density at radius 3 is 2.50 bits per heavy atom. The van der Waals surface area contributed by atoms with E-state index in [0.29, 0.717) is 0 Å². The van der Waals surface area contributed by atoms with Crippen molar-refractivity contribution in [1.29, 1.82) is 0 Å². The number of carbonyl (C=O) groups is 1. The van der Waals surface area contributed by atoms with Gasteiger partial charge >= 0.3 is 12.3 Å². The van der Waals surface area contributed by atoms with Crippen LogP contribution < -0.4 is 10.5 Å². The minimum absolute atomic E-state index is 0. The largest absolute Gasteiger partial charge is 0.573 e. The predicted octanol–water partition coefficient (Wildman–Crippen LogP) is 2.71. The molecule has 0 bridgehead atoms. The molecule has 114 valence electrons. The third kappa shape index (κ3) is 5.62. The highest BCUT2D eigenvalue weighted by atomic mass is 35.5. The molecule has 0 spiro atoms. The summed E-state index contributed by atoms with van der Waals surface area (Å²) >= 11 is 0. The minimum atomic E-state index is -4.89. The van der Waals surface area contributed by atoms with Gasteiger partial charge in [0.1, 0.15) is 11.6 Å². The van der Waals surface area contributed by atoms with Gasteiger partial charge in [0.05, 0.1) is 13.5 Å². The van der Waals surface area contributed by atoms with Crippen molar-refractivity contribution in [3.63, 3.8) is 0 Å². The first-order valence-corrected chi connectivity index (χ1v) is 5.10. The number of carbonyl (C=O) groups excluding carboxylic acids is 1. The highest BCUT2D eigenvalue weighted by molar-refractivity contribution is 5.85. The summed E-state index contributed by atoms with van der Waals surface area (Å²) in [5.74, 6) is -2.14. The predicted molar refractivity (Wildman–Crippen MR) is 63.9 cm³/mol. The number of rotatable bonds is 4. The third-order valence-corrected chi connectivity index (χ3v) is 2.21. The van der Waals surface area contributed by atoms with Gasteiger partial charge in [-0.1, -0.05) is 0 Å². The molecule has 0 radical (unpaired) electrons. The first-order chi connectivity index (χ1) is 8.73. The van der Waals surface area contributed by atoms with Gasteiger partial charge in [0.25, 0.3) is 0 Å². The van der Waals surface area contributed by atoms with Crippen molar-refractivity contribution in [2.75, 3.05) is 7.11 Å². The number of hydrogen-bond donors (Lipinski definition) is 1. The SMILES string of the molecule is COC(=O)C[C@H](N)c1cc(OC(F)(F)F)ccc1F.Cl. The van der Waals surface area contributed by atoms with Crippen molar-refractivity contribution < 1.29 is 31.8 Å². The maximum Gasteiger partial charge on any atom is 0.573 e. The summed E-state index contributed by atoms with van der Waals surface area (Å²) in [6.45, 7) is 0. The molecular weight excluding hydrogens is 306 g/mol. The van der Waals surface area contributed by atoms with Crippen molar-refractivity contribution in [1.82, 2.24) is 0 Å². The van der Waals surface area contributed by atoms with Crippen LogP contribution in [0.5, 0.6) is 5.75 Å². The Morgan fingerprint density at radius 1 is 1.40 bits per heavy atom. The molecule has 0 aromatic heterocycles. The van der Waals surface area contributed by atoms with E-state index in [0.717, 1.165) is 25.3 Å². The standard InChI is InChI=1S/C11H11F4NO3.ClH/c1-18-10(17)5-9(16)7-4-6(2-3-8(7)12)19-11(13,14)15;/h2-4,9H,5,16H2,1H3;1H/t9-;/m0./s1. The van der Waals surface area contributed by atoms with Crippen molar-refractivity contribution in [3.05, 3.63) is 29.6 Å². The van der Waals surface area contributed by atoms with Crippen LogP contribution in [0.4, 0.5) is 17.6 Å². The average Bonchev–Trinajstić information content (AvgIpc) is 2.29. The number of alkyl halides is 3. The molecule has 4 nitrogen and oxygen atoms in total. The molecule has 9 heteroatoms. The Labute approximate surface area is 118 Å². The van der Waals surface area contributed by atoms with E-state index in [1.165, 1.54) is 0 Å². The molecule has 2 N–H and O–H groups in total. The summed E-state index contributed by atoms with van der Waals surface area (Å²) in [4.78, 5) is 11.0. The molecular formula is C11H12ClF4NO3. The molecule has 0 unspecified atom stereocenters. The average molecular weight is 318 g/mol. The van der Waals surface area contributed by atoms with Crippen LogP contribution in [-0.2, 0) is 9.53 Å². The van der Waals surface area contributed by atoms with E-state index >= 15 is 0 Å². The number of esters is 1. The second-order valence-electron chi connectivity index (χ2n) is 3.62. The fourth-order valence-electron chi connectivity index (χ4n) is 1.38. The van der Waals surface area contributed by atoms with E-state index < -0.39 is 29.9 Å². The molecule has 1 aromatic carbocycles. The van der Waals surface area contributed by atoms with Crippen LogP contribution in [0.2, 0.25) is 0 Å². The maximum absolute atomic E-state index is 13.4. The van der Waals surface area contributed by atoms with Crippen molar-refractivity contribution in [2.45, 2.75) is 18.8 Å². The molecule has 0 fully saturated rings. The zero-order valence-electron chi connectivity index (χ0n) is 10.2. The number of halogens is 5. The van der Waals surface area contributed by atoms with Gasteiger partial charge < -0.3 is 15.2 Å². The van der Waals surface area contributed by atoms with Crippen LogP contribution in [0, 0.1) is 5.82 Å². The molecule has 0 aliphatic carbocycles. The van der Waals surface area contributed by atoms with Gasteiger partial charge in [-0.2, -0.15) is 0 Å². The Bertz CT molecular complexity index is 467. The Kier molecular flexibility index (Phi) is 6.74. The molecule has 0 amide bonds. The summed E-state index contributed by atoms with van der Waals surface area (Å²) in [5, 5.41) is 0. The van der Waals surface area contributed by atoms with Crippen LogP contribution in [0.15, 0.2) is 18.2 Å². The lowest BCUT2D eigenvalue weighted by molar-refractivity contribution is -0.274. The quantitative estimate of drug-likeness (QED) is 0.685. The smallest absolute Gasteiger partial charge is 0.469 e. The molecule has 0 aliphatic rings. The van der Waals surface area contributed by atoms with E-state index in [9.17, 15) is 22.4 Å². The molecule has 0 aliphatic heterocycles. The number of ether oxygens (including phenoxy) is 2. The lowest BCUT2D eigenvalue weighted by Gasteiger charge is -2.14. The van der Waals surface area contributed by atoms with Gasteiger partial charge in [-0.15, -0.1) is 25.6 Å². The van der Waals surface area contributed by atoms with E-state index in [1.807, 2.05) is 0 Å². The summed E-state index contributed by atoms with van der Waals surface area (Å²) in [6.07, 6.45) is -5.25. The summed E-state index contributed by atoms with van der Waals surface area (Å²) < 4.78 is 57.5. The Balaban J connectivity index is 0.00000361. The second kappa shape index (κ2) is 7.30. The molecule has 1 rings (SSSR count). The van der Waals surface area contributed by atoms with E-state index in [4.69, 9.17) is 5.73 Å². The zero-order valence-corrected chi connectivity index (χ0v) is 11.1. The topological polar surface area (TPSA) is 61.5 Å². The number of hydrogen-bond acceptors (Lipinski definition) is 4. The summed E-state index contributed by atoms with van der Waals surface area (Å²) in [5.41, 5.74) is 5.27. The first kappa shape index (κ1) is 18.5. The number of benzene rings is 1. The fraction of sp³-hybridized carbons (Fsp3) is 0.364. The Morgan fingerprint density at radius 2 is 2.00 bits per heavy atom. The van der Waals surface area contributed by atoms with Crippen LogP contribution in [0.3, 0.4) is 0 Å². The lowest BCUT2D eigenvalue weighted by Crippen LogP contribution is -2.20. The maximum atomic E-state index is 13.4. The highest BCUT2D eigenvalue weighted by Gasteiger charge is 2.31. The van der Waals surface area contributed by atoms with Crippen LogP contribution in [-0.4, -0.2) is 19.4 Å². The number of nitrogens with two attached hydrogens (primary N) is 1. The van der Waals surface area contributed by atoms with Gasteiger partial charge in [-0.25, -0.2) is 4.39 Å². The molecule has 1 aromatic rings. The lowest BCUT2D eigenvalue weighted by atomic mass is 10.0. The first-order valence-electron chi connectivity index (χ1n) is 5.10. The van der Waals surface area contributed by atoms with Gasteiger partial charge in [-0.3, -0.25) is 4.79 Å². The van der Waals surface area contributed by atoms with Gasteiger partial charge in [0.2, 0.25) is 0 Å². The van der Waals surface area contributed by atoms with E-state index in [2.05, 4.69) is 9.47 Å². The Hall–Kier alpha value is -1.54. The summed E-state index contributed by atoms with van der Waals surface area (Å²) in [6, 6.07) is 1.28. The van der Waals surface area contributed by atoms with Crippen LogP contribution >= 0.6 is 12.4 Å². The highest BCUT2D eigenvalue weighted by Crippen LogP contribution is 2.27. The summed E-state index contributed by atoms with van der Waals surface area (Å²) in [7, 11) is 1.12. The normalized spacial score (nSPS) is 12.3. The minimum Gasteiger partial charge on any atom is -0.469 e. The van der Waals surface area contributed by atoms with Crippen molar-refractivity contribution in [2.24, 2.45) is 5.73 Å². The van der Waals surface area contributed by atoms with Crippen LogP contribution in [0.1, 0.15) is 18.0 Å². The molecule has 0 heterocycles. The van der Waals surface area contributed by atoms with Gasteiger partial charge in [0.15, 0.2) is 0 Å². The van der Waals surface area contributed by atoms with Crippen LogP contribution in [0.25, 0.3) is 0 Å². The van der Waals surface area contributed by atoms with E-state index in [1.54, 1.807) is 0 Å². The van der Waals surface area contributed by atoms with Crippen molar-refractivity contribution >= 4 is 18.4 Å². The molecule has 0 saturated heterocycles.